The molecular weight excluding hydrogens is 1220 g/mol. The molecule has 10 saturated heterocycles. The molecule has 98 heavy (non-hydrogen) atoms. The third-order valence-electron chi connectivity index (χ3n) is 20.0. The summed E-state index contributed by atoms with van der Waals surface area (Å²) in [6.07, 6.45) is 21.6. The molecule has 10 aliphatic heterocycles. The van der Waals surface area contributed by atoms with E-state index >= 15 is 0 Å². The van der Waals surface area contributed by atoms with E-state index in [1.54, 1.807) is 0 Å². The summed E-state index contributed by atoms with van der Waals surface area (Å²) in [6.45, 7) is 78.6. The summed E-state index contributed by atoms with van der Waals surface area (Å²) in [5, 5.41) is 3.43. The maximum atomic E-state index is 5.49. The molecule has 0 bridgehead atoms. The molecule has 0 aromatic carbocycles. The van der Waals surface area contributed by atoms with Crippen molar-refractivity contribution in [2.24, 2.45) is 86.8 Å². The second kappa shape index (κ2) is 55.0. The third-order valence-corrected chi connectivity index (χ3v) is 20.0. The van der Waals surface area contributed by atoms with Crippen molar-refractivity contribution in [1.82, 2.24) is 15.1 Å². The van der Waals surface area contributed by atoms with Gasteiger partial charge in [0.1, 0.15) is 0 Å². The average molecular weight is 1400 g/mol. The molecule has 590 valence electrons. The zero-order valence-electron chi connectivity index (χ0n) is 69.6. The Morgan fingerprint density at radius 2 is 0.867 bits per heavy atom. The maximum absolute atomic E-state index is 5.49. The predicted octanol–water partition coefficient (Wildman–Crippen LogP) is 19.9. The van der Waals surface area contributed by atoms with Gasteiger partial charge in [0, 0.05) is 86.4 Å². The fraction of sp³-hybridized carbons (Fsp3) is 1.00. The lowest BCUT2D eigenvalue weighted by molar-refractivity contribution is -0.124. The van der Waals surface area contributed by atoms with Gasteiger partial charge in [-0.3, -0.25) is 4.90 Å². The quantitative estimate of drug-likeness (QED) is 0.111. The van der Waals surface area contributed by atoms with E-state index in [1.165, 1.54) is 109 Å². The van der Waals surface area contributed by atoms with Crippen molar-refractivity contribution in [1.29, 1.82) is 0 Å². The molecule has 10 aliphatic rings. The molecule has 5 unspecified atom stereocenters. The Kier molecular flexibility index (Phi) is 54.7. The minimum Gasteiger partial charge on any atom is -0.381 e. The minimum atomic E-state index is 0. The van der Waals surface area contributed by atoms with E-state index in [2.05, 4.69) is 195 Å². The number of nitrogens with zero attached hydrogens (tertiary/aromatic N) is 2. The molecule has 13 nitrogen and oxygen atoms in total. The number of ether oxygens (including phenoxy) is 10. The Hall–Kier alpha value is -0.520. The molecule has 5 atom stereocenters. The van der Waals surface area contributed by atoms with Crippen molar-refractivity contribution in [2.75, 3.05) is 152 Å². The Bertz CT molecular complexity index is 1710. The molecule has 0 saturated carbocycles. The van der Waals surface area contributed by atoms with E-state index in [0.717, 1.165) is 210 Å². The van der Waals surface area contributed by atoms with Gasteiger partial charge < -0.3 is 57.6 Å². The van der Waals surface area contributed by atoms with Crippen LogP contribution in [-0.4, -0.2) is 192 Å². The van der Waals surface area contributed by atoms with Crippen LogP contribution < -0.4 is 5.32 Å². The molecular formula is C85H175N3O10. The summed E-state index contributed by atoms with van der Waals surface area (Å²) >= 11 is 0. The van der Waals surface area contributed by atoms with Crippen molar-refractivity contribution < 1.29 is 47.4 Å². The molecule has 10 rings (SSSR count). The van der Waals surface area contributed by atoms with E-state index in [1.807, 2.05) is 0 Å². The van der Waals surface area contributed by atoms with Gasteiger partial charge in [0.05, 0.1) is 98.1 Å². The fourth-order valence-corrected chi connectivity index (χ4v) is 15.4. The number of hydrogen-bond donors (Lipinski definition) is 1. The highest BCUT2D eigenvalue weighted by Gasteiger charge is 2.37. The molecule has 0 spiro atoms. The van der Waals surface area contributed by atoms with Crippen molar-refractivity contribution in [3.05, 3.63) is 0 Å². The fourth-order valence-electron chi connectivity index (χ4n) is 15.4. The number of morpholine rings is 2. The van der Waals surface area contributed by atoms with E-state index in [9.17, 15) is 0 Å². The number of likely N-dealkylation sites (N-methyl/N-ethyl adjacent to an activating group) is 1. The predicted molar refractivity (Wildman–Crippen MR) is 420 cm³/mol. The number of nitrogens with one attached hydrogen (secondary N) is 1. The van der Waals surface area contributed by atoms with Crippen LogP contribution in [0.3, 0.4) is 0 Å². The first-order valence-electron chi connectivity index (χ1n) is 40.7. The summed E-state index contributed by atoms with van der Waals surface area (Å²) in [6, 6.07) is 2.16. The highest BCUT2D eigenvalue weighted by molar-refractivity contribution is 4.86. The standard InChI is InChI=1S/C10H21N.C10H20O.C9H19NO.C9H18O.C8H17NO.3C8H16O.C7H14O2.C7H14O.CH4/c1-4-11-7-5-6-10(11)8-9(2)3;1-9(2)8-10(3)4-6-11-7-5-10;1-8(2)6-9-7-11-5-4-10(9)3;1-4-9(5-8(2)3)6-10-7-9;1-7(2)5-8-6-10-4-3-9-8;2*1-7(2)4-8(3)5-9-6-8;1-7(2)5-8-3-4-9-6-8;1-6(2)9-7-3-4-8-5-7;1-6(2)3-7-4-8-5-7;/h9-10H,4-8H2,1-3H3;9H,4-8H2,1-3H3;8-9H,4-7H2,1-3H3;8H,4-7H2,1-3H3;7-9H,3-6H2,1-2H3;2*7H,4-6H2,1-3H3;7-8H,3-6H2,1-2H3;6-7H,3-5H2,1-2H3;6-7H,3-5H2,1-2H3;1H4. The summed E-state index contributed by atoms with van der Waals surface area (Å²) in [5.74, 6) is 9.16. The van der Waals surface area contributed by atoms with Gasteiger partial charge >= 0.3 is 0 Å². The van der Waals surface area contributed by atoms with Gasteiger partial charge in [-0.05, 0) is 201 Å². The van der Waals surface area contributed by atoms with Crippen LogP contribution >= 0.6 is 0 Å². The van der Waals surface area contributed by atoms with Crippen molar-refractivity contribution in [2.45, 2.75) is 314 Å². The zero-order valence-corrected chi connectivity index (χ0v) is 69.6. The lowest BCUT2D eigenvalue weighted by Gasteiger charge is -2.42. The van der Waals surface area contributed by atoms with Crippen LogP contribution in [0, 0.1) is 86.8 Å². The Balaban J connectivity index is 0.00000107. The maximum Gasteiger partial charge on any atom is 0.0833 e. The zero-order chi connectivity index (χ0) is 73.0. The Morgan fingerprint density at radius 1 is 0.408 bits per heavy atom. The Labute approximate surface area is 612 Å². The van der Waals surface area contributed by atoms with Crippen LogP contribution in [0.2, 0.25) is 0 Å². The number of rotatable bonds is 22. The van der Waals surface area contributed by atoms with E-state index in [4.69, 9.17) is 47.4 Å². The normalized spacial score (nSPS) is 25.2. The van der Waals surface area contributed by atoms with Gasteiger partial charge in [-0.1, -0.05) is 167 Å². The summed E-state index contributed by atoms with van der Waals surface area (Å²) in [7, 11) is 2.19. The van der Waals surface area contributed by atoms with Crippen molar-refractivity contribution in [3.63, 3.8) is 0 Å². The molecule has 10 fully saturated rings. The van der Waals surface area contributed by atoms with Crippen LogP contribution in [0.4, 0.5) is 0 Å². The van der Waals surface area contributed by atoms with Gasteiger partial charge in [-0.25, -0.2) is 0 Å². The van der Waals surface area contributed by atoms with Crippen molar-refractivity contribution in [3.8, 4) is 0 Å². The summed E-state index contributed by atoms with van der Waals surface area (Å²) < 4.78 is 52.5. The van der Waals surface area contributed by atoms with E-state index < -0.39 is 0 Å². The minimum absolute atomic E-state index is 0. The van der Waals surface area contributed by atoms with Gasteiger partial charge in [0.15, 0.2) is 0 Å². The number of likely N-dealkylation sites (tertiary alicyclic amines) is 1. The number of hydrogen-bond acceptors (Lipinski definition) is 13. The molecule has 0 amide bonds. The smallest absolute Gasteiger partial charge is 0.0833 e. The van der Waals surface area contributed by atoms with Crippen molar-refractivity contribution >= 4 is 0 Å². The van der Waals surface area contributed by atoms with E-state index in [0.29, 0.717) is 46.0 Å². The topological polar surface area (TPSA) is 111 Å². The second-order valence-corrected chi connectivity index (χ2v) is 36.6. The first-order chi connectivity index (χ1) is 45.6. The van der Waals surface area contributed by atoms with Gasteiger partial charge in [-0.15, -0.1) is 0 Å². The van der Waals surface area contributed by atoms with Crippen LogP contribution in [0.15, 0.2) is 0 Å². The highest BCUT2D eigenvalue weighted by atomic mass is 16.6. The SMILES string of the molecule is C.CC(C)CC1(C)CCOCC1.CC(C)CC1(C)COC1.CC(C)CC1(C)COC1.CC(C)CC1CCOC1.CC(C)CC1COC1.CC(C)CC1COCCN1.CC(C)CC1COCCN1C.CC(C)OC1CCOC1.CCC1(CC(C)C)COC1.CCN1CCCC1CC(C)C. The largest absolute Gasteiger partial charge is 0.381 e. The summed E-state index contributed by atoms with van der Waals surface area (Å²) in [5.41, 5.74) is 2.18. The lowest BCUT2D eigenvalue weighted by Crippen LogP contribution is -2.43. The van der Waals surface area contributed by atoms with E-state index in [-0.39, 0.29) is 7.43 Å². The first kappa shape index (κ1) is 97.5. The second-order valence-electron chi connectivity index (χ2n) is 36.6. The first-order valence-corrected chi connectivity index (χ1v) is 40.7. The van der Waals surface area contributed by atoms with Gasteiger partial charge in [0.25, 0.3) is 0 Å². The monoisotopic (exact) mass is 1400 g/mol. The Morgan fingerprint density at radius 3 is 1.20 bits per heavy atom. The van der Waals surface area contributed by atoms with Crippen LogP contribution in [0.25, 0.3) is 0 Å². The van der Waals surface area contributed by atoms with Crippen LogP contribution in [0.1, 0.15) is 283 Å². The highest BCUT2D eigenvalue weighted by Crippen LogP contribution is 2.39. The van der Waals surface area contributed by atoms with Gasteiger partial charge in [-0.2, -0.15) is 0 Å². The molecule has 0 aliphatic carbocycles. The molecule has 0 aromatic heterocycles. The van der Waals surface area contributed by atoms with Crippen LogP contribution in [-0.2, 0) is 47.4 Å². The third kappa shape index (κ3) is 49.3. The average Bonchev–Trinajstić information content (AvgIpc) is 1.76. The van der Waals surface area contributed by atoms with Crippen LogP contribution in [0.5, 0.6) is 0 Å². The lowest BCUT2D eigenvalue weighted by atomic mass is 9.76. The molecule has 0 radical (unpaired) electrons. The summed E-state index contributed by atoms with van der Waals surface area (Å²) in [4.78, 5) is 5.03. The molecule has 10 heterocycles. The molecule has 1 N–H and O–H groups in total. The molecule has 0 aromatic rings. The molecule has 13 heteroatoms. The van der Waals surface area contributed by atoms with Gasteiger partial charge in [0.2, 0.25) is 0 Å².